The van der Waals surface area contributed by atoms with Crippen molar-refractivity contribution in [2.45, 2.75) is 50.3 Å². The molecule has 3 nitrogen and oxygen atoms in total. The normalized spacial score (nSPS) is 31.5. The van der Waals surface area contributed by atoms with Crippen LogP contribution in [-0.4, -0.2) is 49.8 Å². The molecule has 1 N–H and O–H groups in total. The number of rotatable bonds is 4. The maximum atomic E-state index is 5.41. The summed E-state index contributed by atoms with van der Waals surface area (Å²) in [6.07, 6.45) is 11.9. The third-order valence-electron chi connectivity index (χ3n) is 4.09. The van der Waals surface area contributed by atoms with Crippen molar-refractivity contribution in [2.24, 2.45) is 0 Å². The fourth-order valence-corrected chi connectivity index (χ4v) is 3.03. The van der Waals surface area contributed by atoms with E-state index >= 15 is 0 Å². The summed E-state index contributed by atoms with van der Waals surface area (Å²) in [5.74, 6) is 2.73. The Morgan fingerprint density at radius 3 is 2.59 bits per heavy atom. The third kappa shape index (κ3) is 3.70. The second kappa shape index (κ2) is 6.39. The van der Waals surface area contributed by atoms with E-state index in [-0.39, 0.29) is 0 Å². The molecule has 0 aromatic carbocycles. The Morgan fingerprint density at radius 2 is 2.00 bits per heavy atom. The van der Waals surface area contributed by atoms with Gasteiger partial charge in [0.25, 0.3) is 0 Å². The molecule has 0 aromatic heterocycles. The van der Waals surface area contributed by atoms with Crippen LogP contribution in [0.2, 0.25) is 0 Å². The van der Waals surface area contributed by atoms with Crippen LogP contribution >= 0.6 is 0 Å². The first-order valence-electron chi connectivity index (χ1n) is 6.76. The van der Waals surface area contributed by atoms with Crippen LogP contribution in [-0.2, 0) is 4.74 Å². The molecule has 96 valence electrons. The number of piperidine rings is 1. The summed E-state index contributed by atoms with van der Waals surface area (Å²) >= 11 is 0. The summed E-state index contributed by atoms with van der Waals surface area (Å²) in [6.45, 7) is 3.09. The van der Waals surface area contributed by atoms with Crippen molar-refractivity contribution >= 4 is 0 Å². The second-order valence-corrected chi connectivity index (χ2v) is 5.29. The van der Waals surface area contributed by atoms with E-state index < -0.39 is 0 Å². The molecule has 2 rings (SSSR count). The summed E-state index contributed by atoms with van der Waals surface area (Å²) in [5.41, 5.74) is 0. The molecule has 1 heterocycles. The Balaban J connectivity index is 1.67. The van der Waals surface area contributed by atoms with Crippen LogP contribution in [0, 0.1) is 12.3 Å². The van der Waals surface area contributed by atoms with Crippen molar-refractivity contribution in [3.8, 4) is 12.3 Å². The van der Waals surface area contributed by atoms with Crippen molar-refractivity contribution in [1.82, 2.24) is 10.2 Å². The van der Waals surface area contributed by atoms with E-state index in [9.17, 15) is 0 Å². The minimum Gasteiger partial charge on any atom is -0.381 e. The highest BCUT2D eigenvalue weighted by Crippen LogP contribution is 2.23. The van der Waals surface area contributed by atoms with Crippen LogP contribution in [0.1, 0.15) is 32.1 Å². The quantitative estimate of drug-likeness (QED) is 0.743. The summed E-state index contributed by atoms with van der Waals surface area (Å²) in [5, 5.41) is 3.79. The van der Waals surface area contributed by atoms with Gasteiger partial charge in [-0.2, -0.15) is 0 Å². The minimum atomic E-state index is 0.481. The van der Waals surface area contributed by atoms with Crippen LogP contribution < -0.4 is 5.32 Å². The highest BCUT2D eigenvalue weighted by Gasteiger charge is 2.27. The van der Waals surface area contributed by atoms with Crippen LogP contribution in [0.15, 0.2) is 0 Å². The molecule has 1 aliphatic carbocycles. The summed E-state index contributed by atoms with van der Waals surface area (Å²) < 4.78 is 5.41. The molecule has 0 spiro atoms. The average molecular weight is 236 g/mol. The number of likely N-dealkylation sites (tertiary alicyclic amines) is 1. The number of hydrogen-bond donors (Lipinski definition) is 1. The number of terminal acetylenes is 1. The lowest BCUT2D eigenvalue weighted by Gasteiger charge is -2.32. The average Bonchev–Trinajstić information content (AvgIpc) is 2.80. The third-order valence-corrected chi connectivity index (χ3v) is 4.09. The van der Waals surface area contributed by atoms with E-state index in [0.29, 0.717) is 18.2 Å². The summed E-state index contributed by atoms with van der Waals surface area (Å²) in [7, 11) is 1.82. The van der Waals surface area contributed by atoms with Gasteiger partial charge in [0.2, 0.25) is 0 Å². The van der Waals surface area contributed by atoms with E-state index in [0.717, 1.165) is 19.6 Å². The molecule has 2 atom stereocenters. The van der Waals surface area contributed by atoms with Gasteiger partial charge in [0, 0.05) is 32.3 Å². The van der Waals surface area contributed by atoms with Gasteiger partial charge in [0.15, 0.2) is 0 Å². The molecule has 17 heavy (non-hydrogen) atoms. The fraction of sp³-hybridized carbons (Fsp3) is 0.857. The van der Waals surface area contributed by atoms with Crippen molar-refractivity contribution < 1.29 is 4.74 Å². The zero-order chi connectivity index (χ0) is 12.1. The van der Waals surface area contributed by atoms with Gasteiger partial charge in [-0.25, -0.2) is 0 Å². The van der Waals surface area contributed by atoms with E-state index in [2.05, 4.69) is 16.1 Å². The fourth-order valence-electron chi connectivity index (χ4n) is 3.03. The molecule has 2 aliphatic rings. The molecule has 2 unspecified atom stereocenters. The topological polar surface area (TPSA) is 24.5 Å². The second-order valence-electron chi connectivity index (χ2n) is 5.29. The Morgan fingerprint density at radius 1 is 1.24 bits per heavy atom. The highest BCUT2D eigenvalue weighted by molar-refractivity contribution is 4.91. The van der Waals surface area contributed by atoms with Gasteiger partial charge >= 0.3 is 0 Å². The van der Waals surface area contributed by atoms with Crippen molar-refractivity contribution in [3.63, 3.8) is 0 Å². The Labute approximate surface area is 105 Å². The lowest BCUT2D eigenvalue weighted by atomic mass is 10.0. The monoisotopic (exact) mass is 236 g/mol. The molecule has 1 saturated heterocycles. The van der Waals surface area contributed by atoms with Crippen LogP contribution in [0.5, 0.6) is 0 Å². The molecule has 0 bridgehead atoms. The molecule has 2 fully saturated rings. The predicted octanol–water partition coefficient (Wildman–Crippen LogP) is 1.24. The lowest BCUT2D eigenvalue weighted by Crippen LogP contribution is -2.45. The SMILES string of the molecule is C#CCN1CCC(NC2CCC(OC)C2)CC1. The van der Waals surface area contributed by atoms with Gasteiger partial charge in [0.05, 0.1) is 12.6 Å². The lowest BCUT2D eigenvalue weighted by molar-refractivity contribution is 0.105. The van der Waals surface area contributed by atoms with E-state index in [1.807, 2.05) is 7.11 Å². The predicted molar refractivity (Wildman–Crippen MR) is 69.9 cm³/mol. The number of nitrogens with zero attached hydrogens (tertiary/aromatic N) is 1. The number of nitrogens with one attached hydrogen (secondary N) is 1. The molecular formula is C14H24N2O. The molecule has 0 aromatic rings. The zero-order valence-electron chi connectivity index (χ0n) is 10.8. The van der Waals surface area contributed by atoms with Crippen molar-refractivity contribution in [2.75, 3.05) is 26.7 Å². The molecule has 1 saturated carbocycles. The molecule has 1 aliphatic heterocycles. The number of ether oxygens (including phenoxy) is 1. The van der Waals surface area contributed by atoms with Gasteiger partial charge in [-0.05, 0) is 32.1 Å². The van der Waals surface area contributed by atoms with Gasteiger partial charge in [-0.3, -0.25) is 4.90 Å². The first-order valence-corrected chi connectivity index (χ1v) is 6.76. The van der Waals surface area contributed by atoms with E-state index in [1.54, 1.807) is 0 Å². The van der Waals surface area contributed by atoms with Crippen LogP contribution in [0.25, 0.3) is 0 Å². The maximum Gasteiger partial charge on any atom is 0.0598 e. The maximum absolute atomic E-state index is 5.41. The first-order chi connectivity index (χ1) is 8.31. The van der Waals surface area contributed by atoms with Gasteiger partial charge in [-0.15, -0.1) is 6.42 Å². The van der Waals surface area contributed by atoms with Gasteiger partial charge in [-0.1, -0.05) is 5.92 Å². The molecule has 0 radical (unpaired) electrons. The minimum absolute atomic E-state index is 0.481. The van der Waals surface area contributed by atoms with Crippen LogP contribution in [0.3, 0.4) is 0 Å². The Kier molecular flexibility index (Phi) is 4.85. The Bertz CT molecular complexity index is 266. The van der Waals surface area contributed by atoms with Crippen LogP contribution in [0.4, 0.5) is 0 Å². The highest BCUT2D eigenvalue weighted by atomic mass is 16.5. The van der Waals surface area contributed by atoms with Gasteiger partial charge < -0.3 is 10.1 Å². The number of methoxy groups -OCH3 is 1. The van der Waals surface area contributed by atoms with Crippen molar-refractivity contribution in [1.29, 1.82) is 0 Å². The Hall–Kier alpha value is -0.560. The first kappa shape index (κ1) is 12.9. The van der Waals surface area contributed by atoms with Crippen molar-refractivity contribution in [3.05, 3.63) is 0 Å². The summed E-state index contributed by atoms with van der Waals surface area (Å²) in [6, 6.07) is 1.36. The standard InChI is InChI=1S/C14H24N2O/c1-3-8-16-9-6-12(7-10-16)15-13-4-5-14(11-13)17-2/h1,12-15H,4-11H2,2H3. The molecule has 0 amide bonds. The molecular weight excluding hydrogens is 212 g/mol. The largest absolute Gasteiger partial charge is 0.381 e. The smallest absolute Gasteiger partial charge is 0.0598 e. The van der Waals surface area contributed by atoms with Gasteiger partial charge in [0.1, 0.15) is 0 Å². The summed E-state index contributed by atoms with van der Waals surface area (Å²) in [4.78, 5) is 2.37. The zero-order valence-corrected chi connectivity index (χ0v) is 10.8. The number of hydrogen-bond acceptors (Lipinski definition) is 3. The van der Waals surface area contributed by atoms with E-state index in [1.165, 1.54) is 32.1 Å². The molecule has 3 heteroatoms. The van der Waals surface area contributed by atoms with E-state index in [4.69, 9.17) is 11.2 Å².